The summed E-state index contributed by atoms with van der Waals surface area (Å²) in [6, 6.07) is 3.39. The molecule has 2 rings (SSSR count). The number of amides is 2. The lowest BCUT2D eigenvalue weighted by Gasteiger charge is -2.07. The Bertz CT molecular complexity index is 511. The zero-order valence-corrected chi connectivity index (χ0v) is 7.91. The molecule has 1 heterocycles. The molecule has 0 fully saturated rings. The molecule has 1 aromatic rings. The van der Waals surface area contributed by atoms with E-state index in [2.05, 4.69) is 0 Å². The van der Waals surface area contributed by atoms with Crippen LogP contribution in [0.2, 0.25) is 0 Å². The van der Waals surface area contributed by atoms with Crippen LogP contribution in [0.3, 0.4) is 0 Å². The third-order valence-corrected chi connectivity index (χ3v) is 2.31. The van der Waals surface area contributed by atoms with Crippen molar-refractivity contribution < 1.29 is 19.6 Å². The number of aliphatic hydroxyl groups is 1. The molecule has 0 spiro atoms. The number of hydrogen-bond donors (Lipinski definition) is 1. The van der Waals surface area contributed by atoms with E-state index in [1.54, 1.807) is 0 Å². The fourth-order valence-corrected chi connectivity index (χ4v) is 1.52. The number of nitro groups is 1. The Morgan fingerprint density at radius 3 is 2.44 bits per heavy atom. The number of nitro benzene ring substituents is 1. The summed E-state index contributed by atoms with van der Waals surface area (Å²) in [5.41, 5.74) is -0.238. The first kappa shape index (κ1) is 10.2. The first-order valence-electron chi connectivity index (χ1n) is 4.31. The average molecular weight is 222 g/mol. The van der Waals surface area contributed by atoms with Gasteiger partial charge in [-0.15, -0.1) is 0 Å². The molecule has 1 aromatic carbocycles. The van der Waals surface area contributed by atoms with Crippen molar-refractivity contribution in [2.75, 3.05) is 6.73 Å². The molecule has 0 bridgehead atoms. The van der Waals surface area contributed by atoms with Crippen LogP contribution >= 0.6 is 0 Å². The zero-order chi connectivity index (χ0) is 11.9. The summed E-state index contributed by atoms with van der Waals surface area (Å²) in [6.07, 6.45) is 0. The second kappa shape index (κ2) is 3.38. The van der Waals surface area contributed by atoms with E-state index < -0.39 is 23.5 Å². The molecular weight excluding hydrogens is 216 g/mol. The molecule has 0 radical (unpaired) electrons. The van der Waals surface area contributed by atoms with Crippen LogP contribution in [0.15, 0.2) is 18.2 Å². The van der Waals surface area contributed by atoms with Gasteiger partial charge in [-0.1, -0.05) is 0 Å². The zero-order valence-electron chi connectivity index (χ0n) is 7.91. The van der Waals surface area contributed by atoms with Crippen LogP contribution in [0.25, 0.3) is 0 Å². The molecule has 82 valence electrons. The van der Waals surface area contributed by atoms with Crippen molar-refractivity contribution in [1.29, 1.82) is 0 Å². The van der Waals surface area contributed by atoms with Crippen molar-refractivity contribution in [2.24, 2.45) is 0 Å². The number of nitrogens with zero attached hydrogens (tertiary/aromatic N) is 2. The first-order chi connectivity index (χ1) is 7.56. The Morgan fingerprint density at radius 2 is 1.88 bits per heavy atom. The number of rotatable bonds is 2. The van der Waals surface area contributed by atoms with E-state index in [1.807, 2.05) is 0 Å². The van der Waals surface area contributed by atoms with Gasteiger partial charge in [0.15, 0.2) is 0 Å². The van der Waals surface area contributed by atoms with Gasteiger partial charge in [-0.2, -0.15) is 0 Å². The van der Waals surface area contributed by atoms with Crippen LogP contribution in [-0.2, 0) is 0 Å². The number of hydrogen-bond acceptors (Lipinski definition) is 5. The molecule has 1 N–H and O–H groups in total. The maximum atomic E-state index is 11.5. The monoisotopic (exact) mass is 222 g/mol. The molecule has 7 heteroatoms. The van der Waals surface area contributed by atoms with Crippen LogP contribution in [-0.4, -0.2) is 33.5 Å². The summed E-state index contributed by atoms with van der Waals surface area (Å²) in [7, 11) is 0. The van der Waals surface area contributed by atoms with E-state index in [4.69, 9.17) is 5.11 Å². The quantitative estimate of drug-likeness (QED) is 0.435. The van der Waals surface area contributed by atoms with Gasteiger partial charge in [-0.05, 0) is 6.07 Å². The standard InChI is InChI=1S/C9H6N2O5/c12-4-10-8(13)6-2-1-5(11(15)16)3-7(6)9(10)14/h1-3,12H,4H2. The first-order valence-corrected chi connectivity index (χ1v) is 4.31. The number of carbonyl (C=O) groups excluding carboxylic acids is 2. The fraction of sp³-hybridized carbons (Fsp3) is 0.111. The van der Waals surface area contributed by atoms with Gasteiger partial charge < -0.3 is 5.11 Å². The Labute approximate surface area is 89.1 Å². The van der Waals surface area contributed by atoms with Crippen LogP contribution in [0.4, 0.5) is 5.69 Å². The number of imide groups is 1. The number of benzene rings is 1. The largest absolute Gasteiger partial charge is 0.376 e. The van der Waals surface area contributed by atoms with Crippen molar-refractivity contribution in [3.8, 4) is 0 Å². The number of fused-ring (bicyclic) bond motifs is 1. The number of non-ortho nitro benzene ring substituents is 1. The topological polar surface area (TPSA) is 101 Å². The highest BCUT2D eigenvalue weighted by Crippen LogP contribution is 2.26. The lowest BCUT2D eigenvalue weighted by molar-refractivity contribution is -0.384. The highest BCUT2D eigenvalue weighted by Gasteiger charge is 2.36. The van der Waals surface area contributed by atoms with Gasteiger partial charge in [0.25, 0.3) is 17.5 Å². The van der Waals surface area contributed by atoms with Gasteiger partial charge >= 0.3 is 0 Å². The van der Waals surface area contributed by atoms with E-state index in [0.29, 0.717) is 4.90 Å². The highest BCUT2D eigenvalue weighted by atomic mass is 16.6. The molecule has 1 aliphatic rings. The number of aliphatic hydroxyl groups excluding tert-OH is 1. The van der Waals surface area contributed by atoms with Gasteiger partial charge in [0.2, 0.25) is 0 Å². The fourth-order valence-electron chi connectivity index (χ4n) is 1.52. The van der Waals surface area contributed by atoms with Crippen LogP contribution in [0.1, 0.15) is 20.7 Å². The van der Waals surface area contributed by atoms with Crippen molar-refractivity contribution in [3.05, 3.63) is 39.4 Å². The Balaban J connectivity index is 2.56. The van der Waals surface area contributed by atoms with Crippen molar-refractivity contribution >= 4 is 17.5 Å². The van der Waals surface area contributed by atoms with Crippen LogP contribution in [0.5, 0.6) is 0 Å². The predicted octanol–water partition coefficient (Wildman–Crippen LogP) is 0.141. The normalized spacial score (nSPS) is 14.2. The smallest absolute Gasteiger partial charge is 0.270 e. The Morgan fingerprint density at radius 1 is 1.25 bits per heavy atom. The molecule has 0 saturated carbocycles. The minimum atomic E-state index is -0.736. The SMILES string of the molecule is O=C1c2ccc([N+](=O)[O-])cc2C(=O)N1CO. The predicted molar refractivity (Wildman–Crippen MR) is 50.7 cm³/mol. The lowest BCUT2D eigenvalue weighted by atomic mass is 10.1. The summed E-state index contributed by atoms with van der Waals surface area (Å²) in [6.45, 7) is -0.736. The summed E-state index contributed by atoms with van der Waals surface area (Å²) in [5, 5.41) is 19.3. The molecular formula is C9H6N2O5. The van der Waals surface area contributed by atoms with E-state index >= 15 is 0 Å². The van der Waals surface area contributed by atoms with E-state index in [-0.39, 0.29) is 16.8 Å². The van der Waals surface area contributed by atoms with Gasteiger partial charge in [0.05, 0.1) is 16.1 Å². The van der Waals surface area contributed by atoms with Crippen molar-refractivity contribution in [1.82, 2.24) is 4.90 Å². The number of carbonyl (C=O) groups is 2. The second-order valence-corrected chi connectivity index (χ2v) is 3.17. The lowest BCUT2D eigenvalue weighted by Crippen LogP contribution is -2.30. The van der Waals surface area contributed by atoms with Crippen molar-refractivity contribution in [3.63, 3.8) is 0 Å². The maximum Gasteiger partial charge on any atom is 0.270 e. The summed E-state index contributed by atoms with van der Waals surface area (Å²) >= 11 is 0. The summed E-state index contributed by atoms with van der Waals surface area (Å²) in [4.78, 5) is 33.5. The summed E-state index contributed by atoms with van der Waals surface area (Å²) < 4.78 is 0. The average Bonchev–Trinajstić information content (AvgIpc) is 2.51. The van der Waals surface area contributed by atoms with E-state index in [0.717, 1.165) is 12.1 Å². The maximum absolute atomic E-state index is 11.5. The highest BCUT2D eigenvalue weighted by molar-refractivity contribution is 6.21. The molecule has 16 heavy (non-hydrogen) atoms. The summed E-state index contributed by atoms with van der Waals surface area (Å²) in [5.74, 6) is -1.36. The molecule has 0 aromatic heterocycles. The molecule has 0 aliphatic carbocycles. The van der Waals surface area contributed by atoms with Gasteiger partial charge in [0.1, 0.15) is 6.73 Å². The van der Waals surface area contributed by atoms with E-state index in [1.165, 1.54) is 6.07 Å². The van der Waals surface area contributed by atoms with Gasteiger partial charge in [-0.3, -0.25) is 24.6 Å². The minimum absolute atomic E-state index is 0.0479. The molecule has 1 aliphatic heterocycles. The van der Waals surface area contributed by atoms with Crippen molar-refractivity contribution in [2.45, 2.75) is 0 Å². The minimum Gasteiger partial charge on any atom is -0.376 e. The molecule has 7 nitrogen and oxygen atoms in total. The molecule has 0 saturated heterocycles. The molecule has 2 amide bonds. The third kappa shape index (κ3) is 1.26. The van der Waals surface area contributed by atoms with Gasteiger partial charge in [-0.25, -0.2) is 0 Å². The van der Waals surface area contributed by atoms with Crippen LogP contribution in [0, 0.1) is 10.1 Å². The Hall–Kier alpha value is -2.28. The van der Waals surface area contributed by atoms with Crippen LogP contribution < -0.4 is 0 Å². The second-order valence-electron chi connectivity index (χ2n) is 3.17. The van der Waals surface area contributed by atoms with E-state index in [9.17, 15) is 19.7 Å². The molecule has 0 unspecified atom stereocenters. The third-order valence-electron chi connectivity index (χ3n) is 2.31. The Kier molecular flexibility index (Phi) is 2.17. The molecule has 0 atom stereocenters. The van der Waals surface area contributed by atoms with Gasteiger partial charge in [0, 0.05) is 12.1 Å².